The van der Waals surface area contributed by atoms with E-state index in [1.165, 1.54) is 88.2 Å². The Kier molecular flexibility index (Phi) is 8.62. The van der Waals surface area contributed by atoms with Crippen LogP contribution in [0.25, 0.3) is 0 Å². The quantitative estimate of drug-likeness (QED) is 0.353. The molecule has 4 rings (SSSR count). The average molecular weight is 532 g/mol. The summed E-state index contributed by atoms with van der Waals surface area (Å²) >= 11 is 1.76. The van der Waals surface area contributed by atoms with Crippen molar-refractivity contribution < 1.29 is 0 Å². The van der Waals surface area contributed by atoms with Crippen LogP contribution < -0.4 is 5.32 Å². The zero-order valence-electron chi connectivity index (χ0n) is 18.2. The molecular formula is C22H38IN5S. The molecule has 7 heteroatoms. The van der Waals surface area contributed by atoms with Crippen molar-refractivity contribution >= 4 is 41.3 Å². The number of nitrogens with zero attached hydrogens (tertiary/aromatic N) is 4. The molecule has 3 aliphatic rings. The molecule has 2 aliphatic heterocycles. The first-order valence-electron chi connectivity index (χ1n) is 11.2. The van der Waals surface area contributed by atoms with Crippen LogP contribution >= 0.6 is 35.3 Å². The molecule has 1 aromatic heterocycles. The summed E-state index contributed by atoms with van der Waals surface area (Å²) in [6, 6.07) is 0. The van der Waals surface area contributed by atoms with Gasteiger partial charge in [-0.25, -0.2) is 4.98 Å². The topological polar surface area (TPSA) is 43.8 Å². The predicted molar refractivity (Wildman–Crippen MR) is 133 cm³/mol. The lowest BCUT2D eigenvalue weighted by molar-refractivity contribution is 0.175. The number of halogens is 1. The van der Waals surface area contributed by atoms with Gasteiger partial charge in [0.2, 0.25) is 0 Å². The van der Waals surface area contributed by atoms with Crippen molar-refractivity contribution in [2.24, 2.45) is 16.3 Å². The van der Waals surface area contributed by atoms with Crippen molar-refractivity contribution in [3.05, 3.63) is 16.1 Å². The van der Waals surface area contributed by atoms with Gasteiger partial charge in [0.05, 0.1) is 10.7 Å². The lowest BCUT2D eigenvalue weighted by Gasteiger charge is -2.34. The highest BCUT2D eigenvalue weighted by Gasteiger charge is 2.39. The van der Waals surface area contributed by atoms with Gasteiger partial charge in [-0.15, -0.1) is 35.3 Å². The van der Waals surface area contributed by atoms with E-state index in [-0.39, 0.29) is 24.0 Å². The molecule has 3 fully saturated rings. The number of piperidine rings is 1. The zero-order valence-corrected chi connectivity index (χ0v) is 21.3. The van der Waals surface area contributed by atoms with Crippen LogP contribution in [-0.2, 0) is 6.54 Å². The molecule has 0 bridgehead atoms. The van der Waals surface area contributed by atoms with E-state index >= 15 is 0 Å². The Morgan fingerprint density at radius 3 is 2.62 bits per heavy atom. The Bertz CT molecular complexity index is 662. The number of aromatic nitrogens is 1. The van der Waals surface area contributed by atoms with E-state index < -0.39 is 0 Å². The molecule has 0 radical (unpaired) electrons. The number of thiazole rings is 1. The monoisotopic (exact) mass is 531 g/mol. The number of aliphatic imine (C=N–C) groups is 1. The average Bonchev–Trinajstić information content (AvgIpc) is 3.31. The number of hydrogen-bond acceptors (Lipinski definition) is 4. The van der Waals surface area contributed by atoms with Gasteiger partial charge >= 0.3 is 0 Å². The number of nitrogens with one attached hydrogen (secondary N) is 1. The van der Waals surface area contributed by atoms with Gasteiger partial charge in [0, 0.05) is 38.6 Å². The fraction of sp³-hybridized carbons (Fsp3) is 0.818. The Hall–Kier alpha value is -0.410. The third kappa shape index (κ3) is 6.06. The van der Waals surface area contributed by atoms with Gasteiger partial charge in [-0.1, -0.05) is 19.3 Å². The smallest absolute Gasteiger partial charge is 0.193 e. The molecule has 2 saturated heterocycles. The van der Waals surface area contributed by atoms with Gasteiger partial charge in [-0.2, -0.15) is 0 Å². The lowest BCUT2D eigenvalue weighted by Crippen LogP contribution is -2.45. The van der Waals surface area contributed by atoms with Gasteiger partial charge in [-0.3, -0.25) is 9.89 Å². The molecule has 29 heavy (non-hydrogen) atoms. The second-order valence-electron chi connectivity index (χ2n) is 9.24. The predicted octanol–water partition coefficient (Wildman–Crippen LogP) is 4.51. The van der Waals surface area contributed by atoms with Crippen LogP contribution in [0.4, 0.5) is 0 Å². The third-order valence-corrected chi connectivity index (χ3v) is 7.99. The molecule has 0 unspecified atom stereocenters. The molecule has 1 aromatic rings. The Balaban J connectivity index is 0.00000240. The van der Waals surface area contributed by atoms with Crippen molar-refractivity contribution in [3.8, 4) is 0 Å². The van der Waals surface area contributed by atoms with E-state index in [1.807, 2.05) is 7.05 Å². The molecular weight excluding hydrogens is 493 g/mol. The van der Waals surface area contributed by atoms with Crippen LogP contribution in [0.2, 0.25) is 0 Å². The minimum atomic E-state index is 0. The minimum Gasteiger partial charge on any atom is -0.356 e. The van der Waals surface area contributed by atoms with E-state index in [0.717, 1.165) is 25.0 Å². The summed E-state index contributed by atoms with van der Waals surface area (Å²) in [6.07, 6.45) is 11.1. The maximum atomic E-state index is 4.62. The van der Waals surface area contributed by atoms with Gasteiger partial charge in [0.25, 0.3) is 0 Å². The Morgan fingerprint density at radius 2 is 1.97 bits per heavy atom. The maximum Gasteiger partial charge on any atom is 0.193 e. The summed E-state index contributed by atoms with van der Waals surface area (Å²) in [5, 5.41) is 7.11. The molecule has 0 atom stereocenters. The van der Waals surface area contributed by atoms with E-state index in [9.17, 15) is 0 Å². The summed E-state index contributed by atoms with van der Waals surface area (Å²) in [5.74, 6) is 1.90. The fourth-order valence-electron chi connectivity index (χ4n) is 5.45. The number of likely N-dealkylation sites (tertiary alicyclic amines) is 2. The van der Waals surface area contributed by atoms with Gasteiger partial charge in [-0.05, 0) is 63.5 Å². The van der Waals surface area contributed by atoms with Crippen molar-refractivity contribution in [3.63, 3.8) is 0 Å². The number of aryl methyl sites for hydroxylation is 1. The van der Waals surface area contributed by atoms with E-state index in [0.29, 0.717) is 5.41 Å². The van der Waals surface area contributed by atoms with Crippen LogP contribution in [0, 0.1) is 18.3 Å². The van der Waals surface area contributed by atoms with E-state index in [1.54, 1.807) is 11.3 Å². The van der Waals surface area contributed by atoms with Crippen molar-refractivity contribution in [1.29, 1.82) is 0 Å². The molecule has 1 N–H and O–H groups in total. The lowest BCUT2D eigenvalue weighted by atomic mass is 9.73. The molecule has 1 aliphatic carbocycles. The summed E-state index contributed by atoms with van der Waals surface area (Å²) < 4.78 is 0. The molecule has 164 valence electrons. The Labute approximate surface area is 197 Å². The number of guanidine groups is 1. The highest BCUT2D eigenvalue weighted by molar-refractivity contribution is 14.0. The minimum absolute atomic E-state index is 0. The largest absolute Gasteiger partial charge is 0.356 e. The number of rotatable bonds is 4. The third-order valence-electron chi connectivity index (χ3n) is 7.17. The van der Waals surface area contributed by atoms with Crippen LogP contribution in [0.3, 0.4) is 0 Å². The highest BCUT2D eigenvalue weighted by atomic mass is 127. The fourth-order valence-corrected chi connectivity index (χ4v) is 6.06. The number of hydrogen-bond donors (Lipinski definition) is 1. The highest BCUT2D eigenvalue weighted by Crippen LogP contribution is 2.43. The Morgan fingerprint density at radius 1 is 1.21 bits per heavy atom. The second kappa shape index (κ2) is 10.8. The van der Waals surface area contributed by atoms with Gasteiger partial charge in [0.1, 0.15) is 0 Å². The normalized spacial score (nSPS) is 23.4. The SMILES string of the molecule is CN=C(NCC1CCN(Cc2csc(C)n2)CC1)N1CCC2(CCCCC2)C1.I. The molecule has 0 amide bonds. The first kappa shape index (κ1) is 23.3. The molecule has 5 nitrogen and oxygen atoms in total. The van der Waals surface area contributed by atoms with Crippen molar-refractivity contribution in [1.82, 2.24) is 20.1 Å². The standard InChI is InChI=1S/C22H37N5S.HI/c1-18-25-20(16-28-18)15-26-11-6-19(7-12-26)14-24-21(23-2)27-13-10-22(17-27)8-4-3-5-9-22;/h16,19H,3-15,17H2,1-2H3,(H,23,24);1H. The summed E-state index contributed by atoms with van der Waals surface area (Å²) in [6.45, 7) is 8.96. The zero-order chi connectivity index (χ0) is 19.4. The van der Waals surface area contributed by atoms with Crippen LogP contribution in [0.1, 0.15) is 62.1 Å². The van der Waals surface area contributed by atoms with E-state index in [2.05, 4.69) is 37.4 Å². The molecule has 0 aromatic carbocycles. The van der Waals surface area contributed by atoms with Gasteiger partial charge < -0.3 is 10.2 Å². The molecule has 1 saturated carbocycles. The molecule has 1 spiro atoms. The first-order chi connectivity index (χ1) is 13.7. The van der Waals surface area contributed by atoms with Gasteiger partial charge in [0.15, 0.2) is 5.96 Å². The van der Waals surface area contributed by atoms with Crippen LogP contribution in [-0.4, -0.2) is 60.5 Å². The van der Waals surface area contributed by atoms with Crippen LogP contribution in [0.5, 0.6) is 0 Å². The summed E-state index contributed by atoms with van der Waals surface area (Å²) in [4.78, 5) is 14.3. The van der Waals surface area contributed by atoms with Crippen molar-refractivity contribution in [2.75, 3.05) is 39.8 Å². The first-order valence-corrected chi connectivity index (χ1v) is 12.1. The second-order valence-corrected chi connectivity index (χ2v) is 10.3. The van der Waals surface area contributed by atoms with Crippen molar-refractivity contribution in [2.45, 2.75) is 64.8 Å². The van der Waals surface area contributed by atoms with E-state index in [4.69, 9.17) is 0 Å². The summed E-state index contributed by atoms with van der Waals surface area (Å²) in [5.41, 5.74) is 1.83. The van der Waals surface area contributed by atoms with Crippen LogP contribution in [0.15, 0.2) is 10.4 Å². The summed E-state index contributed by atoms with van der Waals surface area (Å²) in [7, 11) is 1.95. The maximum absolute atomic E-state index is 4.62. The molecule has 3 heterocycles.